The number of aromatic nitrogens is 4. The van der Waals surface area contributed by atoms with Gasteiger partial charge in [-0.1, -0.05) is 30.3 Å². The first kappa shape index (κ1) is 15.8. The third-order valence-corrected chi connectivity index (χ3v) is 4.77. The topological polar surface area (TPSA) is 83.7 Å². The number of nitrogens with zero attached hydrogens (tertiary/aromatic N) is 4. The van der Waals surface area contributed by atoms with Crippen LogP contribution in [0.3, 0.4) is 0 Å². The largest absolute Gasteiger partial charge is 0.354 e. The van der Waals surface area contributed by atoms with Crippen LogP contribution in [0.2, 0.25) is 0 Å². The van der Waals surface area contributed by atoms with Crippen LogP contribution in [0, 0.1) is 0 Å². The molecule has 0 aliphatic heterocycles. The fourth-order valence-electron chi connectivity index (χ4n) is 3.23. The highest BCUT2D eigenvalue weighted by molar-refractivity contribution is 5.59. The number of anilines is 1. The van der Waals surface area contributed by atoms with Gasteiger partial charge in [0.2, 0.25) is 0 Å². The van der Waals surface area contributed by atoms with Crippen LogP contribution >= 0.6 is 0 Å². The molecule has 1 saturated carbocycles. The molecule has 128 valence electrons. The van der Waals surface area contributed by atoms with Crippen molar-refractivity contribution in [2.45, 2.75) is 31.3 Å². The lowest BCUT2D eigenvalue weighted by molar-refractivity contribution is 0.345. The van der Waals surface area contributed by atoms with Gasteiger partial charge in [-0.25, -0.2) is 9.97 Å². The maximum Gasteiger partial charge on any atom is 0.132 e. The number of hydrogen-bond acceptors (Lipinski definition) is 5. The Balaban J connectivity index is 1.46. The number of benzene rings is 1. The van der Waals surface area contributed by atoms with Crippen molar-refractivity contribution in [1.82, 2.24) is 20.2 Å². The summed E-state index contributed by atoms with van der Waals surface area (Å²) < 4.78 is 0. The summed E-state index contributed by atoms with van der Waals surface area (Å²) in [6.07, 6.45) is 3.68. The van der Waals surface area contributed by atoms with E-state index in [4.69, 9.17) is 5.73 Å². The first-order valence-corrected chi connectivity index (χ1v) is 8.57. The molecule has 3 N–H and O–H groups in total. The predicted octanol–water partition coefficient (Wildman–Crippen LogP) is 2.71. The Kier molecular flexibility index (Phi) is 4.19. The summed E-state index contributed by atoms with van der Waals surface area (Å²) in [5.74, 6) is 1.39. The Morgan fingerprint density at radius 2 is 1.96 bits per heavy atom. The number of aromatic amines is 1. The Labute approximate surface area is 147 Å². The SMILES string of the molecule is CN(Cc1cc(-c2ccccc2)n[nH]1)c1cc(C2CC(N)C2)ncn1. The predicted molar refractivity (Wildman–Crippen MR) is 98.1 cm³/mol. The molecule has 4 rings (SSSR count). The van der Waals surface area contributed by atoms with Crippen LogP contribution in [0.25, 0.3) is 11.3 Å². The molecule has 0 radical (unpaired) electrons. The maximum absolute atomic E-state index is 5.89. The van der Waals surface area contributed by atoms with Crippen LogP contribution in [0.5, 0.6) is 0 Å². The van der Waals surface area contributed by atoms with Gasteiger partial charge in [-0.05, 0) is 18.9 Å². The molecular formula is C19H22N6. The third-order valence-electron chi connectivity index (χ3n) is 4.77. The van der Waals surface area contributed by atoms with E-state index < -0.39 is 0 Å². The van der Waals surface area contributed by atoms with Gasteiger partial charge in [-0.15, -0.1) is 0 Å². The molecule has 6 nitrogen and oxygen atoms in total. The number of hydrogen-bond donors (Lipinski definition) is 2. The van der Waals surface area contributed by atoms with Gasteiger partial charge >= 0.3 is 0 Å². The quantitative estimate of drug-likeness (QED) is 0.749. The average Bonchev–Trinajstić information content (AvgIpc) is 3.08. The van der Waals surface area contributed by atoms with Crippen molar-refractivity contribution in [1.29, 1.82) is 0 Å². The Hall–Kier alpha value is -2.73. The molecule has 1 aliphatic carbocycles. The lowest BCUT2D eigenvalue weighted by Gasteiger charge is -2.32. The molecule has 0 unspecified atom stereocenters. The lowest BCUT2D eigenvalue weighted by Crippen LogP contribution is -2.35. The molecule has 0 amide bonds. The lowest BCUT2D eigenvalue weighted by atomic mass is 9.78. The summed E-state index contributed by atoms with van der Waals surface area (Å²) in [4.78, 5) is 10.9. The minimum atomic E-state index is 0.322. The molecule has 0 spiro atoms. The van der Waals surface area contributed by atoms with Gasteiger partial charge in [0, 0.05) is 36.3 Å². The molecule has 2 heterocycles. The van der Waals surface area contributed by atoms with Crippen molar-refractivity contribution in [2.75, 3.05) is 11.9 Å². The van der Waals surface area contributed by atoms with Gasteiger partial charge in [0.1, 0.15) is 12.1 Å². The van der Waals surface area contributed by atoms with Crippen molar-refractivity contribution in [3.05, 3.63) is 60.2 Å². The second kappa shape index (κ2) is 6.64. The summed E-state index contributed by atoms with van der Waals surface area (Å²) >= 11 is 0. The molecule has 1 fully saturated rings. The second-order valence-electron chi connectivity index (χ2n) is 6.73. The van der Waals surface area contributed by atoms with Crippen molar-refractivity contribution in [3.63, 3.8) is 0 Å². The van der Waals surface area contributed by atoms with Crippen molar-refractivity contribution in [2.24, 2.45) is 5.73 Å². The molecule has 2 aromatic heterocycles. The molecule has 3 aromatic rings. The van der Waals surface area contributed by atoms with Gasteiger partial charge in [0.05, 0.1) is 17.9 Å². The van der Waals surface area contributed by atoms with Crippen molar-refractivity contribution < 1.29 is 0 Å². The van der Waals surface area contributed by atoms with E-state index in [9.17, 15) is 0 Å². The van der Waals surface area contributed by atoms with E-state index in [1.807, 2.05) is 25.2 Å². The number of H-pyrrole nitrogens is 1. The zero-order valence-corrected chi connectivity index (χ0v) is 14.3. The van der Waals surface area contributed by atoms with E-state index in [1.165, 1.54) is 0 Å². The van der Waals surface area contributed by atoms with E-state index in [0.29, 0.717) is 18.5 Å². The van der Waals surface area contributed by atoms with Gasteiger partial charge in [-0.2, -0.15) is 5.10 Å². The standard InChI is InChI=1S/C19H22N6/c1-25(19-10-17(21-12-22-19)14-7-15(20)8-14)11-16-9-18(24-23-16)13-5-3-2-4-6-13/h2-6,9-10,12,14-15H,7-8,11,20H2,1H3,(H,23,24). The third kappa shape index (κ3) is 3.39. The second-order valence-corrected chi connectivity index (χ2v) is 6.73. The average molecular weight is 334 g/mol. The van der Waals surface area contributed by atoms with Crippen LogP contribution in [0.4, 0.5) is 5.82 Å². The highest BCUT2D eigenvalue weighted by atomic mass is 15.2. The molecular weight excluding hydrogens is 312 g/mol. The summed E-state index contributed by atoms with van der Waals surface area (Å²) in [7, 11) is 2.03. The molecule has 0 atom stereocenters. The first-order chi connectivity index (χ1) is 12.2. The van der Waals surface area contributed by atoms with Crippen LogP contribution in [-0.2, 0) is 6.54 Å². The Morgan fingerprint density at radius 1 is 1.16 bits per heavy atom. The molecule has 0 saturated heterocycles. The summed E-state index contributed by atoms with van der Waals surface area (Å²) in [5, 5.41) is 7.53. The highest BCUT2D eigenvalue weighted by Gasteiger charge is 2.28. The van der Waals surface area contributed by atoms with Crippen molar-refractivity contribution in [3.8, 4) is 11.3 Å². The van der Waals surface area contributed by atoms with Crippen LogP contribution in [0.15, 0.2) is 48.8 Å². The summed E-state index contributed by atoms with van der Waals surface area (Å²) in [5.41, 5.74) is 10.1. The zero-order chi connectivity index (χ0) is 17.2. The van der Waals surface area contributed by atoms with E-state index >= 15 is 0 Å². The Bertz CT molecular complexity index is 838. The monoisotopic (exact) mass is 334 g/mol. The van der Waals surface area contributed by atoms with Gasteiger partial charge in [-0.3, -0.25) is 5.10 Å². The van der Waals surface area contributed by atoms with Gasteiger partial charge in [0.15, 0.2) is 0 Å². The minimum Gasteiger partial charge on any atom is -0.354 e. The normalized spacial score (nSPS) is 19.4. The summed E-state index contributed by atoms with van der Waals surface area (Å²) in [6.45, 7) is 0.709. The van der Waals surface area contributed by atoms with E-state index in [0.717, 1.165) is 41.3 Å². The number of nitrogens with one attached hydrogen (secondary N) is 1. The molecule has 1 aliphatic rings. The van der Waals surface area contributed by atoms with Crippen LogP contribution in [0.1, 0.15) is 30.1 Å². The highest BCUT2D eigenvalue weighted by Crippen LogP contribution is 2.35. The van der Waals surface area contributed by atoms with E-state index in [1.54, 1.807) is 6.33 Å². The number of nitrogens with two attached hydrogens (primary N) is 1. The van der Waals surface area contributed by atoms with E-state index in [-0.39, 0.29) is 0 Å². The van der Waals surface area contributed by atoms with Gasteiger partial charge in [0.25, 0.3) is 0 Å². The molecule has 1 aromatic carbocycles. The fraction of sp³-hybridized carbons (Fsp3) is 0.316. The summed E-state index contributed by atoms with van der Waals surface area (Å²) in [6, 6.07) is 14.6. The molecule has 6 heteroatoms. The first-order valence-electron chi connectivity index (χ1n) is 8.57. The number of rotatable bonds is 5. The Morgan fingerprint density at radius 3 is 2.72 bits per heavy atom. The maximum atomic E-state index is 5.89. The minimum absolute atomic E-state index is 0.322. The van der Waals surface area contributed by atoms with Crippen LogP contribution < -0.4 is 10.6 Å². The molecule has 0 bridgehead atoms. The molecule has 25 heavy (non-hydrogen) atoms. The smallest absolute Gasteiger partial charge is 0.132 e. The van der Waals surface area contributed by atoms with E-state index in [2.05, 4.69) is 49.3 Å². The zero-order valence-electron chi connectivity index (χ0n) is 14.3. The van der Waals surface area contributed by atoms with Gasteiger partial charge < -0.3 is 10.6 Å². The van der Waals surface area contributed by atoms with Crippen molar-refractivity contribution >= 4 is 5.82 Å². The fourth-order valence-corrected chi connectivity index (χ4v) is 3.23. The van der Waals surface area contributed by atoms with Crippen LogP contribution in [-0.4, -0.2) is 33.3 Å².